The van der Waals surface area contributed by atoms with Crippen LogP contribution in [0.5, 0.6) is 0 Å². The summed E-state index contributed by atoms with van der Waals surface area (Å²) in [5.41, 5.74) is 6.95. The number of carbonyl (C=O) groups excluding carboxylic acids is 1. The number of esters is 1. The summed E-state index contributed by atoms with van der Waals surface area (Å²) in [7, 11) is 1.30. The fraction of sp³-hybridized carbons (Fsp3) is 0.0909. The highest BCUT2D eigenvalue weighted by Gasteiger charge is 2.00. The second-order valence-corrected chi connectivity index (χ2v) is 3.70. The molecule has 0 saturated heterocycles. The number of hydrogen-bond donors (Lipinski definition) is 1. The lowest BCUT2D eigenvalue weighted by Gasteiger charge is -2.01. The Hall–Kier alpha value is -1.93. The third-order valence-corrected chi connectivity index (χ3v) is 2.40. The summed E-state index contributed by atoms with van der Waals surface area (Å²) in [5.74, 6) is -0.447. The fourth-order valence-corrected chi connectivity index (χ4v) is 1.47. The summed E-state index contributed by atoms with van der Waals surface area (Å²) in [4.78, 5) is 11.7. The predicted octanol–water partition coefficient (Wildman–Crippen LogP) is 2.03. The van der Waals surface area contributed by atoms with Crippen LogP contribution in [0.4, 0.5) is 5.69 Å². The van der Waals surface area contributed by atoms with Gasteiger partial charge in [-0.3, -0.25) is 0 Å². The number of carbonyl (C=O) groups is 1. The highest BCUT2D eigenvalue weighted by atomic mass is 32.2. The summed E-state index contributed by atoms with van der Waals surface area (Å²) in [6.07, 6.45) is 2.84. The number of thioether (sulfide) groups is 1. The molecule has 0 aliphatic heterocycles. The third-order valence-electron chi connectivity index (χ3n) is 1.82. The van der Waals surface area contributed by atoms with Gasteiger partial charge in [0.2, 0.25) is 0 Å². The van der Waals surface area contributed by atoms with Gasteiger partial charge in [-0.15, -0.1) is 0 Å². The van der Waals surface area contributed by atoms with Crippen molar-refractivity contribution in [3.63, 3.8) is 0 Å². The maximum Gasteiger partial charge on any atom is 0.330 e. The highest BCUT2D eigenvalue weighted by molar-refractivity contribution is 8.03. The van der Waals surface area contributed by atoms with Crippen LogP contribution >= 0.6 is 11.8 Å². The summed E-state index contributed by atoms with van der Waals surface area (Å²) in [6, 6.07) is 5.18. The van der Waals surface area contributed by atoms with Gasteiger partial charge in [-0.25, -0.2) is 4.79 Å². The van der Waals surface area contributed by atoms with Gasteiger partial charge in [0.1, 0.15) is 5.40 Å². The van der Waals surface area contributed by atoms with Gasteiger partial charge in [-0.2, -0.15) is 5.26 Å². The average Bonchev–Trinajstić information content (AvgIpc) is 2.29. The molecule has 1 aromatic carbocycles. The molecule has 0 unspecified atom stereocenters. The SMILES string of the molecule is COC(=O)C=Cc1cc(SC#N)ccc1N. The number of ether oxygens (including phenoxy) is 1. The van der Waals surface area contributed by atoms with Gasteiger partial charge in [0.05, 0.1) is 7.11 Å². The second kappa shape index (κ2) is 5.83. The predicted molar refractivity (Wildman–Crippen MR) is 63.4 cm³/mol. The third kappa shape index (κ3) is 3.33. The molecule has 0 saturated carbocycles. The van der Waals surface area contributed by atoms with Crippen molar-refractivity contribution in [3.8, 4) is 5.40 Å². The maximum absolute atomic E-state index is 10.9. The molecule has 0 aliphatic rings. The molecule has 0 radical (unpaired) electrons. The van der Waals surface area contributed by atoms with E-state index in [4.69, 9.17) is 11.0 Å². The molecule has 0 heterocycles. The molecular weight excluding hydrogens is 224 g/mol. The molecular formula is C11H10N2O2S. The first-order valence-corrected chi connectivity index (χ1v) is 5.20. The first kappa shape index (κ1) is 12.1. The van der Waals surface area contributed by atoms with Crippen molar-refractivity contribution >= 4 is 29.5 Å². The molecule has 5 heteroatoms. The Morgan fingerprint density at radius 2 is 2.38 bits per heavy atom. The number of thiocyanates is 1. The zero-order valence-electron chi connectivity index (χ0n) is 8.64. The lowest BCUT2D eigenvalue weighted by molar-refractivity contribution is -0.134. The molecule has 0 bridgehead atoms. The number of anilines is 1. The first-order valence-electron chi connectivity index (χ1n) is 4.39. The Morgan fingerprint density at radius 1 is 1.62 bits per heavy atom. The number of methoxy groups -OCH3 is 1. The second-order valence-electron chi connectivity index (χ2n) is 2.84. The number of nitriles is 1. The monoisotopic (exact) mass is 234 g/mol. The summed E-state index contributed by atoms with van der Waals surface area (Å²) < 4.78 is 4.47. The molecule has 2 N–H and O–H groups in total. The summed E-state index contributed by atoms with van der Waals surface area (Å²) in [5, 5.41) is 10.5. The topological polar surface area (TPSA) is 76.1 Å². The number of benzene rings is 1. The number of hydrogen-bond acceptors (Lipinski definition) is 5. The molecule has 0 amide bonds. The summed E-state index contributed by atoms with van der Waals surface area (Å²) >= 11 is 1.04. The molecule has 1 rings (SSSR count). The van der Waals surface area contributed by atoms with Crippen molar-refractivity contribution in [1.82, 2.24) is 0 Å². The molecule has 0 aromatic heterocycles. The van der Waals surface area contributed by atoms with E-state index >= 15 is 0 Å². The van der Waals surface area contributed by atoms with E-state index in [1.807, 2.05) is 5.40 Å². The van der Waals surface area contributed by atoms with Gasteiger partial charge in [-0.1, -0.05) is 0 Å². The lowest BCUT2D eigenvalue weighted by atomic mass is 10.1. The molecule has 1 aromatic rings. The van der Waals surface area contributed by atoms with E-state index in [1.165, 1.54) is 13.2 Å². The molecule has 16 heavy (non-hydrogen) atoms. The number of nitrogens with zero attached hydrogens (tertiary/aromatic N) is 1. The molecule has 82 valence electrons. The van der Waals surface area contributed by atoms with E-state index in [9.17, 15) is 4.79 Å². The summed E-state index contributed by atoms with van der Waals surface area (Å²) in [6.45, 7) is 0. The smallest absolute Gasteiger partial charge is 0.330 e. The molecule has 0 atom stereocenters. The van der Waals surface area contributed by atoms with Crippen LogP contribution in [-0.4, -0.2) is 13.1 Å². The van der Waals surface area contributed by atoms with Crippen molar-refractivity contribution in [1.29, 1.82) is 5.26 Å². The van der Waals surface area contributed by atoms with Crippen molar-refractivity contribution in [2.75, 3.05) is 12.8 Å². The van der Waals surface area contributed by atoms with Gasteiger partial charge >= 0.3 is 5.97 Å². The van der Waals surface area contributed by atoms with Crippen LogP contribution in [0.25, 0.3) is 6.08 Å². The van der Waals surface area contributed by atoms with Crippen molar-refractivity contribution < 1.29 is 9.53 Å². The number of rotatable bonds is 3. The molecule has 0 spiro atoms. The van der Waals surface area contributed by atoms with E-state index in [-0.39, 0.29) is 0 Å². The van der Waals surface area contributed by atoms with Gasteiger partial charge in [0.25, 0.3) is 0 Å². The number of nitrogen functional groups attached to an aromatic ring is 1. The highest BCUT2D eigenvalue weighted by Crippen LogP contribution is 2.23. The van der Waals surface area contributed by atoms with Crippen LogP contribution in [0.2, 0.25) is 0 Å². The van der Waals surface area contributed by atoms with Gasteiger partial charge in [0.15, 0.2) is 0 Å². The van der Waals surface area contributed by atoms with Crippen LogP contribution in [0.1, 0.15) is 5.56 Å². The molecule has 0 aliphatic carbocycles. The maximum atomic E-state index is 10.9. The fourth-order valence-electron chi connectivity index (χ4n) is 1.04. The van der Waals surface area contributed by atoms with Gasteiger partial charge in [0, 0.05) is 16.7 Å². The average molecular weight is 234 g/mol. The Bertz CT molecular complexity index is 464. The Labute approximate surface area is 97.7 Å². The molecule has 0 fully saturated rings. The van der Waals surface area contributed by atoms with Crippen LogP contribution in [0, 0.1) is 10.7 Å². The quantitative estimate of drug-likeness (QED) is 0.285. The standard InChI is InChI=1S/C11H10N2O2S/c1-15-11(14)5-2-8-6-9(16-7-12)3-4-10(8)13/h2-6H,13H2,1H3. The van der Waals surface area contributed by atoms with E-state index in [2.05, 4.69) is 4.74 Å². The normalized spacial score (nSPS) is 10.0. The van der Waals surface area contributed by atoms with Gasteiger partial charge in [-0.05, 0) is 41.6 Å². The van der Waals surface area contributed by atoms with Crippen molar-refractivity contribution in [3.05, 3.63) is 29.8 Å². The van der Waals surface area contributed by atoms with Crippen LogP contribution < -0.4 is 5.73 Å². The van der Waals surface area contributed by atoms with E-state index in [0.29, 0.717) is 11.3 Å². The lowest BCUT2D eigenvalue weighted by Crippen LogP contribution is -1.94. The van der Waals surface area contributed by atoms with Crippen molar-refractivity contribution in [2.24, 2.45) is 0 Å². The minimum absolute atomic E-state index is 0.447. The Kier molecular flexibility index (Phi) is 4.42. The minimum Gasteiger partial charge on any atom is -0.466 e. The zero-order valence-corrected chi connectivity index (χ0v) is 9.45. The van der Waals surface area contributed by atoms with E-state index in [1.54, 1.807) is 24.3 Å². The van der Waals surface area contributed by atoms with E-state index in [0.717, 1.165) is 16.7 Å². The first-order chi connectivity index (χ1) is 7.67. The Morgan fingerprint density at radius 3 is 3.00 bits per heavy atom. The zero-order chi connectivity index (χ0) is 12.0. The number of nitrogens with two attached hydrogens (primary N) is 1. The Balaban J connectivity index is 2.95. The van der Waals surface area contributed by atoms with E-state index < -0.39 is 5.97 Å². The molecule has 4 nitrogen and oxygen atoms in total. The van der Waals surface area contributed by atoms with Crippen molar-refractivity contribution in [2.45, 2.75) is 4.90 Å². The van der Waals surface area contributed by atoms with Gasteiger partial charge < -0.3 is 10.5 Å². The largest absolute Gasteiger partial charge is 0.466 e. The van der Waals surface area contributed by atoms with Crippen LogP contribution in [0.15, 0.2) is 29.2 Å². The van der Waals surface area contributed by atoms with Crippen LogP contribution in [0.3, 0.4) is 0 Å². The van der Waals surface area contributed by atoms with Crippen LogP contribution in [-0.2, 0) is 9.53 Å². The minimum atomic E-state index is -0.447.